The molecule has 6 nitrogen and oxygen atoms in total. The van der Waals surface area contributed by atoms with Crippen LogP contribution < -0.4 is 4.74 Å². The van der Waals surface area contributed by atoms with Crippen LogP contribution in [0.1, 0.15) is 64.9 Å². The average molecular weight is 429 g/mol. The SMILES string of the molecule is CCCCOCCCN1C(=O)C(c2ccc(OC(C)C)cc2)=C(N2CCCCC2)C1=O. The number of carbonyl (C=O) groups excluding carboxylic acids is 2. The Kier molecular flexibility index (Phi) is 8.52. The lowest BCUT2D eigenvalue weighted by molar-refractivity contribution is -0.137. The third-order valence-corrected chi connectivity index (χ3v) is 5.64. The molecular weight excluding hydrogens is 392 g/mol. The van der Waals surface area contributed by atoms with Crippen LogP contribution in [0.15, 0.2) is 30.0 Å². The lowest BCUT2D eigenvalue weighted by atomic mass is 10.0. The second-order valence-corrected chi connectivity index (χ2v) is 8.54. The van der Waals surface area contributed by atoms with E-state index in [1.165, 1.54) is 11.3 Å². The first-order valence-electron chi connectivity index (χ1n) is 11.7. The van der Waals surface area contributed by atoms with Crippen molar-refractivity contribution in [1.82, 2.24) is 9.80 Å². The van der Waals surface area contributed by atoms with Crippen molar-refractivity contribution in [2.24, 2.45) is 0 Å². The molecule has 1 aromatic rings. The molecule has 0 unspecified atom stereocenters. The molecule has 0 aliphatic carbocycles. The minimum atomic E-state index is -0.198. The molecule has 170 valence electrons. The molecule has 1 fully saturated rings. The van der Waals surface area contributed by atoms with E-state index in [1.807, 2.05) is 38.1 Å². The molecule has 2 aliphatic heterocycles. The molecule has 0 radical (unpaired) electrons. The summed E-state index contributed by atoms with van der Waals surface area (Å²) in [6.07, 6.45) is 6.12. The highest BCUT2D eigenvalue weighted by molar-refractivity contribution is 6.35. The molecule has 0 bridgehead atoms. The number of piperidine rings is 1. The average Bonchev–Trinajstić information content (AvgIpc) is 3.01. The van der Waals surface area contributed by atoms with Crippen molar-refractivity contribution in [1.29, 1.82) is 0 Å². The Morgan fingerprint density at radius 2 is 1.61 bits per heavy atom. The van der Waals surface area contributed by atoms with Gasteiger partial charge in [0.2, 0.25) is 0 Å². The Balaban J connectivity index is 1.79. The van der Waals surface area contributed by atoms with Gasteiger partial charge in [-0.25, -0.2) is 0 Å². The molecule has 0 saturated carbocycles. The maximum Gasteiger partial charge on any atom is 0.277 e. The quantitative estimate of drug-likeness (QED) is 0.390. The molecule has 2 heterocycles. The van der Waals surface area contributed by atoms with Crippen molar-refractivity contribution in [3.8, 4) is 5.75 Å². The molecule has 0 aromatic heterocycles. The van der Waals surface area contributed by atoms with Gasteiger partial charge in [0, 0.05) is 32.8 Å². The predicted octanol–water partition coefficient (Wildman–Crippen LogP) is 4.25. The summed E-state index contributed by atoms with van der Waals surface area (Å²) in [5.74, 6) is 0.395. The Morgan fingerprint density at radius 1 is 0.935 bits per heavy atom. The Bertz CT molecular complexity index is 779. The van der Waals surface area contributed by atoms with E-state index >= 15 is 0 Å². The van der Waals surface area contributed by atoms with Crippen molar-refractivity contribution in [3.05, 3.63) is 35.5 Å². The predicted molar refractivity (Wildman–Crippen MR) is 122 cm³/mol. The summed E-state index contributed by atoms with van der Waals surface area (Å²) >= 11 is 0. The van der Waals surface area contributed by atoms with Gasteiger partial charge in [-0.2, -0.15) is 0 Å². The molecule has 0 N–H and O–H groups in total. The molecule has 31 heavy (non-hydrogen) atoms. The van der Waals surface area contributed by atoms with Crippen LogP contribution in [0.2, 0.25) is 0 Å². The number of amides is 2. The van der Waals surface area contributed by atoms with E-state index in [2.05, 4.69) is 11.8 Å². The van der Waals surface area contributed by atoms with Crippen LogP contribution in [0.4, 0.5) is 0 Å². The van der Waals surface area contributed by atoms with Crippen LogP contribution in [-0.4, -0.2) is 60.6 Å². The summed E-state index contributed by atoms with van der Waals surface area (Å²) in [5, 5.41) is 0. The van der Waals surface area contributed by atoms with E-state index < -0.39 is 0 Å². The fourth-order valence-electron chi connectivity index (χ4n) is 4.08. The molecule has 0 spiro atoms. The van der Waals surface area contributed by atoms with Crippen molar-refractivity contribution in [3.63, 3.8) is 0 Å². The molecule has 2 amide bonds. The van der Waals surface area contributed by atoms with Gasteiger partial charge in [0.1, 0.15) is 11.4 Å². The van der Waals surface area contributed by atoms with Gasteiger partial charge in [0.15, 0.2) is 0 Å². The van der Waals surface area contributed by atoms with Crippen LogP contribution in [0.5, 0.6) is 5.75 Å². The van der Waals surface area contributed by atoms with Crippen molar-refractivity contribution in [2.45, 2.75) is 65.4 Å². The van der Waals surface area contributed by atoms with Crippen LogP contribution in [-0.2, 0) is 14.3 Å². The Hall–Kier alpha value is -2.34. The largest absolute Gasteiger partial charge is 0.491 e. The zero-order valence-electron chi connectivity index (χ0n) is 19.2. The van der Waals surface area contributed by atoms with E-state index in [1.54, 1.807) is 0 Å². The zero-order valence-corrected chi connectivity index (χ0v) is 19.2. The van der Waals surface area contributed by atoms with Crippen LogP contribution in [0, 0.1) is 0 Å². The minimum Gasteiger partial charge on any atom is -0.491 e. The second kappa shape index (κ2) is 11.3. The third-order valence-electron chi connectivity index (χ3n) is 5.64. The van der Waals surface area contributed by atoms with Gasteiger partial charge in [0.05, 0.1) is 11.7 Å². The monoisotopic (exact) mass is 428 g/mol. The van der Waals surface area contributed by atoms with Crippen LogP contribution >= 0.6 is 0 Å². The van der Waals surface area contributed by atoms with E-state index in [9.17, 15) is 9.59 Å². The number of carbonyl (C=O) groups is 2. The Morgan fingerprint density at radius 3 is 2.26 bits per heavy atom. The lowest BCUT2D eigenvalue weighted by Crippen LogP contribution is -2.37. The van der Waals surface area contributed by atoms with Crippen LogP contribution in [0.3, 0.4) is 0 Å². The summed E-state index contributed by atoms with van der Waals surface area (Å²) in [5.41, 5.74) is 1.86. The number of ether oxygens (including phenoxy) is 2. The number of rotatable bonds is 11. The van der Waals surface area contributed by atoms with E-state index in [0.717, 1.165) is 56.7 Å². The van der Waals surface area contributed by atoms with Gasteiger partial charge in [-0.05, 0) is 63.6 Å². The molecule has 0 atom stereocenters. The number of hydrogen-bond donors (Lipinski definition) is 0. The van der Waals surface area contributed by atoms with Gasteiger partial charge < -0.3 is 14.4 Å². The first kappa shape index (κ1) is 23.3. The van der Waals surface area contributed by atoms with E-state index in [0.29, 0.717) is 30.8 Å². The second-order valence-electron chi connectivity index (χ2n) is 8.54. The van der Waals surface area contributed by atoms with Crippen LogP contribution in [0.25, 0.3) is 5.57 Å². The number of benzene rings is 1. The van der Waals surface area contributed by atoms with Crippen molar-refractivity contribution >= 4 is 17.4 Å². The first-order valence-corrected chi connectivity index (χ1v) is 11.7. The minimum absolute atomic E-state index is 0.0821. The van der Waals surface area contributed by atoms with Gasteiger partial charge in [-0.3, -0.25) is 14.5 Å². The number of hydrogen-bond acceptors (Lipinski definition) is 5. The maximum absolute atomic E-state index is 13.3. The third kappa shape index (κ3) is 5.88. The molecular formula is C25H36N2O4. The number of nitrogens with zero attached hydrogens (tertiary/aromatic N) is 2. The highest BCUT2D eigenvalue weighted by atomic mass is 16.5. The molecule has 6 heteroatoms. The van der Waals surface area contributed by atoms with E-state index in [-0.39, 0.29) is 17.9 Å². The Labute approximate surface area is 186 Å². The zero-order chi connectivity index (χ0) is 22.2. The topological polar surface area (TPSA) is 59.1 Å². The molecule has 2 aliphatic rings. The highest BCUT2D eigenvalue weighted by Gasteiger charge is 2.41. The van der Waals surface area contributed by atoms with Gasteiger partial charge in [-0.1, -0.05) is 25.5 Å². The fourth-order valence-corrected chi connectivity index (χ4v) is 4.08. The first-order chi connectivity index (χ1) is 15.0. The number of imide groups is 1. The van der Waals surface area contributed by atoms with Gasteiger partial charge >= 0.3 is 0 Å². The summed E-state index contributed by atoms with van der Waals surface area (Å²) in [7, 11) is 0. The van der Waals surface area contributed by atoms with Crippen molar-refractivity contribution in [2.75, 3.05) is 32.8 Å². The molecule has 1 saturated heterocycles. The smallest absolute Gasteiger partial charge is 0.277 e. The molecule has 3 rings (SSSR count). The summed E-state index contributed by atoms with van der Waals surface area (Å²) in [6.45, 7) is 9.40. The fraction of sp³-hybridized carbons (Fsp3) is 0.600. The van der Waals surface area contributed by atoms with Gasteiger partial charge in [0.25, 0.3) is 11.8 Å². The number of unbranched alkanes of at least 4 members (excludes halogenated alkanes) is 1. The number of likely N-dealkylation sites (tertiary alicyclic amines) is 1. The van der Waals surface area contributed by atoms with Crippen molar-refractivity contribution < 1.29 is 19.1 Å². The van der Waals surface area contributed by atoms with Gasteiger partial charge in [-0.15, -0.1) is 0 Å². The summed E-state index contributed by atoms with van der Waals surface area (Å²) in [6, 6.07) is 7.52. The standard InChI is InChI=1S/C25H36N2O4/c1-4-5-17-30-18-9-16-27-24(28)22(20-10-12-21(13-11-20)31-19(2)3)23(25(27)29)26-14-7-6-8-15-26/h10-13,19H,4-9,14-18H2,1-3H3. The summed E-state index contributed by atoms with van der Waals surface area (Å²) in [4.78, 5) is 30.2. The normalized spacial score (nSPS) is 17.3. The lowest BCUT2D eigenvalue weighted by Gasteiger charge is -2.29. The maximum atomic E-state index is 13.3. The highest BCUT2D eigenvalue weighted by Crippen LogP contribution is 2.34. The van der Waals surface area contributed by atoms with E-state index in [4.69, 9.17) is 9.47 Å². The molecule has 1 aromatic carbocycles. The summed E-state index contributed by atoms with van der Waals surface area (Å²) < 4.78 is 11.4.